The van der Waals surface area contributed by atoms with E-state index < -0.39 is 0 Å². The van der Waals surface area contributed by atoms with Gasteiger partial charge in [-0.3, -0.25) is 4.79 Å². The van der Waals surface area contributed by atoms with Crippen LogP contribution in [-0.4, -0.2) is 46.8 Å². The summed E-state index contributed by atoms with van der Waals surface area (Å²) in [5.41, 5.74) is 4.26. The molecule has 0 atom stereocenters. The van der Waals surface area contributed by atoms with Crippen molar-refractivity contribution < 1.29 is 4.79 Å². The minimum Gasteiger partial charge on any atom is -0.338 e. The maximum absolute atomic E-state index is 13.0. The molecule has 0 radical (unpaired) electrons. The molecule has 2 saturated heterocycles. The fourth-order valence-electron chi connectivity index (χ4n) is 4.22. The lowest BCUT2D eigenvalue weighted by atomic mass is 9.78. The maximum Gasteiger partial charge on any atom is 0.257 e. The molecule has 5 heteroatoms. The molecular weight excluding hydrogens is 312 g/mol. The van der Waals surface area contributed by atoms with Crippen molar-refractivity contribution >= 4 is 5.91 Å². The first-order valence-electron chi connectivity index (χ1n) is 9.20. The summed E-state index contributed by atoms with van der Waals surface area (Å²) >= 11 is 0. The Morgan fingerprint density at radius 2 is 2.00 bits per heavy atom. The van der Waals surface area contributed by atoms with Gasteiger partial charge >= 0.3 is 0 Å². The maximum atomic E-state index is 13.0. The standard InChI is InChI=1S/C20H26N4O/c1-15-4-3-5-17(12-15)24-16(2)18(13-22-24)19(25)23-10-7-20(8-11-23)6-9-21-14-20/h3-5,12-13,21H,6-11,14H2,1-2H3. The number of carbonyl (C=O) groups is 1. The summed E-state index contributed by atoms with van der Waals surface area (Å²) in [6, 6.07) is 8.20. The first kappa shape index (κ1) is 16.3. The molecule has 25 heavy (non-hydrogen) atoms. The second kappa shape index (κ2) is 6.30. The van der Waals surface area contributed by atoms with E-state index in [-0.39, 0.29) is 5.91 Å². The van der Waals surface area contributed by atoms with Gasteiger partial charge in [0.15, 0.2) is 0 Å². The molecule has 2 fully saturated rings. The molecule has 1 aromatic heterocycles. The van der Waals surface area contributed by atoms with Gasteiger partial charge in [0.25, 0.3) is 5.91 Å². The number of carbonyl (C=O) groups excluding carboxylic acids is 1. The molecule has 2 aliphatic heterocycles. The first-order chi connectivity index (χ1) is 12.1. The van der Waals surface area contributed by atoms with Crippen LogP contribution in [0.2, 0.25) is 0 Å². The molecule has 0 aliphatic carbocycles. The Kier molecular flexibility index (Phi) is 4.12. The average molecular weight is 338 g/mol. The van der Waals surface area contributed by atoms with Gasteiger partial charge in [0.1, 0.15) is 0 Å². The van der Waals surface area contributed by atoms with E-state index in [1.165, 1.54) is 12.0 Å². The number of aromatic nitrogens is 2. The van der Waals surface area contributed by atoms with Gasteiger partial charge in [0, 0.05) is 19.6 Å². The van der Waals surface area contributed by atoms with Gasteiger partial charge < -0.3 is 10.2 Å². The van der Waals surface area contributed by atoms with Crippen LogP contribution >= 0.6 is 0 Å². The molecule has 0 bridgehead atoms. The number of aryl methyl sites for hydroxylation is 1. The molecule has 132 valence electrons. The third-order valence-corrected chi connectivity index (χ3v) is 5.93. The monoisotopic (exact) mass is 338 g/mol. The third kappa shape index (κ3) is 2.97. The van der Waals surface area contributed by atoms with Gasteiger partial charge in [-0.25, -0.2) is 4.68 Å². The highest BCUT2D eigenvalue weighted by Gasteiger charge is 2.38. The van der Waals surface area contributed by atoms with Gasteiger partial charge in [0.05, 0.1) is 23.1 Å². The van der Waals surface area contributed by atoms with E-state index in [9.17, 15) is 4.79 Å². The highest BCUT2D eigenvalue weighted by Crippen LogP contribution is 2.37. The molecule has 3 heterocycles. The van der Waals surface area contributed by atoms with E-state index in [4.69, 9.17) is 0 Å². The zero-order valence-corrected chi connectivity index (χ0v) is 15.1. The van der Waals surface area contributed by atoms with Crippen LogP contribution in [0.15, 0.2) is 30.5 Å². The predicted octanol–water partition coefficient (Wildman–Crippen LogP) is 2.70. The normalized spacial score (nSPS) is 19.5. The van der Waals surface area contributed by atoms with Crippen LogP contribution in [0.4, 0.5) is 0 Å². The summed E-state index contributed by atoms with van der Waals surface area (Å²) in [7, 11) is 0. The Balaban J connectivity index is 1.52. The van der Waals surface area contributed by atoms with Crippen LogP contribution < -0.4 is 5.32 Å². The molecule has 2 aliphatic rings. The minimum absolute atomic E-state index is 0.122. The number of hydrogen-bond acceptors (Lipinski definition) is 3. The number of piperidine rings is 1. The van der Waals surface area contributed by atoms with E-state index in [2.05, 4.69) is 29.5 Å². The highest BCUT2D eigenvalue weighted by atomic mass is 16.2. The molecule has 1 spiro atoms. The smallest absolute Gasteiger partial charge is 0.257 e. The summed E-state index contributed by atoms with van der Waals surface area (Å²) in [6.45, 7) is 7.99. The predicted molar refractivity (Wildman–Crippen MR) is 98.1 cm³/mol. The number of hydrogen-bond donors (Lipinski definition) is 1. The summed E-state index contributed by atoms with van der Waals surface area (Å²) in [6.07, 6.45) is 5.19. The summed E-state index contributed by atoms with van der Waals surface area (Å²) in [5.74, 6) is 0.122. The first-order valence-corrected chi connectivity index (χ1v) is 9.20. The third-order valence-electron chi connectivity index (χ3n) is 5.93. The van der Waals surface area contributed by atoms with Crippen molar-refractivity contribution in [2.75, 3.05) is 26.2 Å². The number of likely N-dealkylation sites (tertiary alicyclic amines) is 1. The lowest BCUT2D eigenvalue weighted by Gasteiger charge is -2.38. The Morgan fingerprint density at radius 3 is 2.68 bits per heavy atom. The van der Waals surface area contributed by atoms with Gasteiger partial charge in [-0.1, -0.05) is 12.1 Å². The minimum atomic E-state index is 0.122. The van der Waals surface area contributed by atoms with E-state index in [1.807, 2.05) is 28.6 Å². The van der Waals surface area contributed by atoms with Gasteiger partial charge in [0.2, 0.25) is 0 Å². The van der Waals surface area contributed by atoms with Crippen LogP contribution in [0.5, 0.6) is 0 Å². The van der Waals surface area contributed by atoms with E-state index in [0.717, 1.165) is 56.0 Å². The summed E-state index contributed by atoms with van der Waals surface area (Å²) in [5, 5.41) is 7.95. The number of amides is 1. The molecular formula is C20H26N4O. The van der Waals surface area contributed by atoms with Gasteiger partial charge in [-0.2, -0.15) is 5.10 Å². The lowest BCUT2D eigenvalue weighted by Crippen LogP contribution is -2.44. The summed E-state index contributed by atoms with van der Waals surface area (Å²) in [4.78, 5) is 15.0. The molecule has 5 nitrogen and oxygen atoms in total. The van der Waals surface area contributed by atoms with Crippen molar-refractivity contribution in [2.24, 2.45) is 5.41 Å². The Hall–Kier alpha value is -2.14. The van der Waals surface area contributed by atoms with Gasteiger partial charge in [-0.05, 0) is 62.8 Å². The number of benzene rings is 1. The zero-order chi connectivity index (χ0) is 17.4. The topological polar surface area (TPSA) is 50.2 Å². The fraction of sp³-hybridized carbons (Fsp3) is 0.500. The SMILES string of the molecule is Cc1cccc(-n2ncc(C(=O)N3CCC4(CCNC4)CC3)c2C)c1. The van der Waals surface area contributed by atoms with Crippen molar-refractivity contribution in [3.63, 3.8) is 0 Å². The van der Waals surface area contributed by atoms with E-state index in [0.29, 0.717) is 5.41 Å². The van der Waals surface area contributed by atoms with Gasteiger partial charge in [-0.15, -0.1) is 0 Å². The van der Waals surface area contributed by atoms with Crippen molar-refractivity contribution in [1.29, 1.82) is 0 Å². The fourth-order valence-corrected chi connectivity index (χ4v) is 4.22. The number of nitrogens with one attached hydrogen (secondary N) is 1. The quantitative estimate of drug-likeness (QED) is 0.916. The molecule has 0 saturated carbocycles. The second-order valence-corrected chi connectivity index (χ2v) is 7.61. The number of rotatable bonds is 2. The lowest BCUT2D eigenvalue weighted by molar-refractivity contribution is 0.0607. The van der Waals surface area contributed by atoms with Crippen molar-refractivity contribution in [1.82, 2.24) is 20.0 Å². The largest absolute Gasteiger partial charge is 0.338 e. The average Bonchev–Trinajstić information content (AvgIpc) is 3.22. The highest BCUT2D eigenvalue weighted by molar-refractivity contribution is 5.95. The zero-order valence-electron chi connectivity index (χ0n) is 15.1. The Morgan fingerprint density at radius 1 is 1.20 bits per heavy atom. The molecule has 1 N–H and O–H groups in total. The molecule has 2 aromatic rings. The molecule has 1 amide bonds. The molecule has 4 rings (SSSR count). The van der Waals surface area contributed by atoms with Crippen molar-refractivity contribution in [3.05, 3.63) is 47.3 Å². The number of nitrogens with zero attached hydrogens (tertiary/aromatic N) is 3. The van der Waals surface area contributed by atoms with Crippen LogP contribution in [0.3, 0.4) is 0 Å². The van der Waals surface area contributed by atoms with Crippen LogP contribution in [-0.2, 0) is 0 Å². The van der Waals surface area contributed by atoms with Crippen molar-refractivity contribution in [2.45, 2.75) is 33.1 Å². The van der Waals surface area contributed by atoms with E-state index >= 15 is 0 Å². The van der Waals surface area contributed by atoms with Crippen LogP contribution in [0.25, 0.3) is 5.69 Å². The van der Waals surface area contributed by atoms with E-state index in [1.54, 1.807) is 6.20 Å². The summed E-state index contributed by atoms with van der Waals surface area (Å²) < 4.78 is 1.87. The molecule has 0 unspecified atom stereocenters. The van der Waals surface area contributed by atoms with Crippen LogP contribution in [0.1, 0.15) is 40.9 Å². The second-order valence-electron chi connectivity index (χ2n) is 7.61. The Labute approximate surface area is 149 Å². The van der Waals surface area contributed by atoms with Crippen molar-refractivity contribution in [3.8, 4) is 5.69 Å². The Bertz CT molecular complexity index is 779. The molecule has 1 aromatic carbocycles. The van der Waals surface area contributed by atoms with Crippen LogP contribution in [0, 0.1) is 19.3 Å².